The average Bonchev–Trinajstić information content (AvgIpc) is 2.84. The van der Waals surface area contributed by atoms with E-state index in [1.54, 1.807) is 10.9 Å². The fraction of sp³-hybridized carbons (Fsp3) is 0.444. The highest BCUT2D eigenvalue weighted by atomic mass is 15.4. The van der Waals surface area contributed by atoms with Gasteiger partial charge in [-0.1, -0.05) is 5.21 Å². The first-order valence-electron chi connectivity index (χ1n) is 4.85. The molecule has 0 spiro atoms. The lowest BCUT2D eigenvalue weighted by Gasteiger charge is -2.00. The van der Waals surface area contributed by atoms with E-state index in [4.69, 9.17) is 5.73 Å². The molecule has 15 heavy (non-hydrogen) atoms. The van der Waals surface area contributed by atoms with E-state index >= 15 is 0 Å². The molecular formula is C9H14N6. The molecule has 0 aliphatic carbocycles. The second-order valence-corrected chi connectivity index (χ2v) is 3.38. The topological polar surface area (TPSA) is 74.5 Å². The third-order valence-corrected chi connectivity index (χ3v) is 2.28. The Bertz CT molecular complexity index is 429. The van der Waals surface area contributed by atoms with Gasteiger partial charge in [0.15, 0.2) is 0 Å². The van der Waals surface area contributed by atoms with Gasteiger partial charge in [-0.25, -0.2) is 4.98 Å². The van der Waals surface area contributed by atoms with Gasteiger partial charge in [0.25, 0.3) is 0 Å². The van der Waals surface area contributed by atoms with E-state index in [0.29, 0.717) is 6.54 Å². The quantitative estimate of drug-likeness (QED) is 0.746. The molecule has 6 nitrogen and oxygen atoms in total. The maximum absolute atomic E-state index is 5.45. The van der Waals surface area contributed by atoms with E-state index in [1.807, 2.05) is 24.0 Å². The number of hydrogen-bond acceptors (Lipinski definition) is 4. The summed E-state index contributed by atoms with van der Waals surface area (Å²) in [5, 5.41) is 7.88. The van der Waals surface area contributed by atoms with Crippen LogP contribution in [-0.4, -0.2) is 24.5 Å². The summed E-state index contributed by atoms with van der Waals surface area (Å²) in [5.41, 5.74) is 6.26. The van der Waals surface area contributed by atoms with E-state index in [2.05, 4.69) is 15.3 Å². The van der Waals surface area contributed by atoms with Crippen molar-refractivity contribution in [2.45, 2.75) is 19.5 Å². The standard InChI is InChI=1S/C9H14N6/c1-14-5-3-11-9(14)2-4-15-7-8(6-10)12-13-15/h3,5,7H,2,4,6,10H2,1H3. The van der Waals surface area contributed by atoms with Crippen molar-refractivity contribution in [2.75, 3.05) is 0 Å². The minimum Gasteiger partial charge on any atom is -0.338 e. The zero-order valence-electron chi connectivity index (χ0n) is 8.67. The van der Waals surface area contributed by atoms with Crippen LogP contribution in [0.2, 0.25) is 0 Å². The highest BCUT2D eigenvalue weighted by Crippen LogP contribution is 1.98. The number of hydrogen-bond donors (Lipinski definition) is 1. The zero-order chi connectivity index (χ0) is 10.7. The highest BCUT2D eigenvalue weighted by molar-refractivity contribution is 4.93. The predicted octanol–water partition coefficient (Wildman–Crippen LogP) is -0.287. The van der Waals surface area contributed by atoms with Gasteiger partial charge in [-0.2, -0.15) is 0 Å². The van der Waals surface area contributed by atoms with E-state index in [-0.39, 0.29) is 0 Å². The van der Waals surface area contributed by atoms with E-state index < -0.39 is 0 Å². The van der Waals surface area contributed by atoms with Crippen LogP contribution in [0.3, 0.4) is 0 Å². The number of imidazole rings is 1. The number of nitrogens with zero attached hydrogens (tertiary/aromatic N) is 5. The zero-order valence-corrected chi connectivity index (χ0v) is 8.67. The molecule has 2 heterocycles. The fourth-order valence-electron chi connectivity index (χ4n) is 1.39. The van der Waals surface area contributed by atoms with Gasteiger partial charge in [-0.3, -0.25) is 4.68 Å². The maximum atomic E-state index is 5.45. The molecule has 0 fully saturated rings. The average molecular weight is 206 g/mol. The van der Waals surface area contributed by atoms with Crippen molar-refractivity contribution >= 4 is 0 Å². The van der Waals surface area contributed by atoms with Gasteiger partial charge in [0, 0.05) is 45.1 Å². The first-order chi connectivity index (χ1) is 7.29. The normalized spacial score (nSPS) is 10.8. The third-order valence-electron chi connectivity index (χ3n) is 2.28. The largest absolute Gasteiger partial charge is 0.338 e. The number of aromatic nitrogens is 5. The molecule has 0 amide bonds. The second-order valence-electron chi connectivity index (χ2n) is 3.38. The van der Waals surface area contributed by atoms with Gasteiger partial charge in [-0.15, -0.1) is 5.10 Å². The molecule has 0 aliphatic heterocycles. The van der Waals surface area contributed by atoms with E-state index in [1.165, 1.54) is 0 Å². The molecule has 0 radical (unpaired) electrons. The van der Waals surface area contributed by atoms with Crippen LogP contribution in [0.15, 0.2) is 18.6 Å². The molecule has 6 heteroatoms. The van der Waals surface area contributed by atoms with Crippen molar-refractivity contribution in [1.29, 1.82) is 0 Å². The number of rotatable bonds is 4. The lowest BCUT2D eigenvalue weighted by molar-refractivity contribution is 0.569. The molecule has 0 bridgehead atoms. The van der Waals surface area contributed by atoms with Gasteiger partial charge in [-0.05, 0) is 0 Å². The minimum absolute atomic E-state index is 0.433. The van der Waals surface area contributed by atoms with Gasteiger partial charge >= 0.3 is 0 Å². The lowest BCUT2D eigenvalue weighted by atomic mass is 10.4. The van der Waals surface area contributed by atoms with Crippen molar-refractivity contribution in [3.05, 3.63) is 30.1 Å². The van der Waals surface area contributed by atoms with Crippen LogP contribution in [0.4, 0.5) is 0 Å². The Morgan fingerprint density at radius 2 is 2.33 bits per heavy atom. The fourth-order valence-corrected chi connectivity index (χ4v) is 1.39. The Balaban J connectivity index is 1.96. The molecule has 2 aromatic rings. The monoisotopic (exact) mass is 206 g/mol. The van der Waals surface area contributed by atoms with Crippen molar-refractivity contribution in [2.24, 2.45) is 12.8 Å². The second kappa shape index (κ2) is 4.22. The molecule has 0 saturated heterocycles. The Labute approximate surface area is 87.7 Å². The van der Waals surface area contributed by atoms with Gasteiger partial charge < -0.3 is 10.3 Å². The maximum Gasteiger partial charge on any atom is 0.110 e. The molecule has 0 unspecified atom stereocenters. The molecule has 0 aromatic carbocycles. The van der Waals surface area contributed by atoms with Gasteiger partial charge in [0.05, 0.1) is 5.69 Å². The molecule has 80 valence electrons. The first kappa shape index (κ1) is 9.85. The summed E-state index contributed by atoms with van der Waals surface area (Å²) in [4.78, 5) is 4.23. The Kier molecular flexibility index (Phi) is 2.77. The summed E-state index contributed by atoms with van der Waals surface area (Å²) < 4.78 is 3.79. The van der Waals surface area contributed by atoms with E-state index in [9.17, 15) is 0 Å². The molecule has 0 saturated carbocycles. The van der Waals surface area contributed by atoms with Crippen molar-refractivity contribution in [1.82, 2.24) is 24.5 Å². The number of aryl methyl sites for hydroxylation is 3. The van der Waals surface area contributed by atoms with E-state index in [0.717, 1.165) is 24.5 Å². The molecule has 2 aromatic heterocycles. The molecular weight excluding hydrogens is 192 g/mol. The Morgan fingerprint density at radius 3 is 2.93 bits per heavy atom. The van der Waals surface area contributed by atoms with Crippen molar-refractivity contribution in [3.8, 4) is 0 Å². The lowest BCUT2D eigenvalue weighted by Crippen LogP contribution is -2.06. The van der Waals surface area contributed by atoms with Crippen LogP contribution in [0, 0.1) is 0 Å². The van der Waals surface area contributed by atoms with Crippen LogP contribution in [0.5, 0.6) is 0 Å². The van der Waals surface area contributed by atoms with Gasteiger partial charge in [0.1, 0.15) is 5.82 Å². The van der Waals surface area contributed by atoms with Crippen LogP contribution >= 0.6 is 0 Å². The third kappa shape index (κ3) is 2.21. The van der Waals surface area contributed by atoms with Crippen LogP contribution < -0.4 is 5.73 Å². The molecule has 2 rings (SSSR count). The molecule has 2 N–H and O–H groups in total. The van der Waals surface area contributed by atoms with Gasteiger partial charge in [0.2, 0.25) is 0 Å². The Morgan fingerprint density at radius 1 is 1.47 bits per heavy atom. The summed E-state index contributed by atoms with van der Waals surface area (Å²) in [6.45, 7) is 1.21. The minimum atomic E-state index is 0.433. The SMILES string of the molecule is Cn1ccnc1CCn1cc(CN)nn1. The van der Waals surface area contributed by atoms with Crippen LogP contribution in [0.25, 0.3) is 0 Å². The van der Waals surface area contributed by atoms with Crippen molar-refractivity contribution in [3.63, 3.8) is 0 Å². The molecule has 0 aliphatic rings. The molecule has 0 atom stereocenters. The highest BCUT2D eigenvalue weighted by Gasteiger charge is 2.01. The summed E-state index contributed by atoms with van der Waals surface area (Å²) in [6.07, 6.45) is 6.43. The van der Waals surface area contributed by atoms with Crippen molar-refractivity contribution < 1.29 is 0 Å². The Hall–Kier alpha value is -1.69. The number of nitrogens with two attached hydrogens (primary N) is 1. The van der Waals surface area contributed by atoms with Crippen LogP contribution in [0.1, 0.15) is 11.5 Å². The summed E-state index contributed by atoms with van der Waals surface area (Å²) in [6, 6.07) is 0. The first-order valence-corrected chi connectivity index (χ1v) is 4.85. The smallest absolute Gasteiger partial charge is 0.110 e. The predicted molar refractivity (Wildman–Crippen MR) is 54.8 cm³/mol. The van der Waals surface area contributed by atoms with Crippen LogP contribution in [-0.2, 0) is 26.6 Å². The summed E-state index contributed by atoms with van der Waals surface area (Å²) in [5.74, 6) is 1.04. The summed E-state index contributed by atoms with van der Waals surface area (Å²) in [7, 11) is 1.98. The summed E-state index contributed by atoms with van der Waals surface area (Å²) >= 11 is 0.